The van der Waals surface area contributed by atoms with Crippen LogP contribution in [0.2, 0.25) is 0 Å². The second-order valence-corrected chi connectivity index (χ2v) is 3.61. The van der Waals surface area contributed by atoms with Crippen molar-refractivity contribution in [2.24, 2.45) is 10.7 Å². The predicted octanol–water partition coefficient (Wildman–Crippen LogP) is 2.65. The van der Waals surface area contributed by atoms with Gasteiger partial charge in [-0.15, -0.1) is 24.0 Å². The van der Waals surface area contributed by atoms with E-state index in [9.17, 15) is 4.39 Å². The summed E-state index contributed by atoms with van der Waals surface area (Å²) in [6.45, 7) is 3.44. The van der Waals surface area contributed by atoms with Crippen LogP contribution in [0.4, 0.5) is 4.39 Å². The predicted molar refractivity (Wildman–Crippen MR) is 80.1 cm³/mol. The second-order valence-electron chi connectivity index (χ2n) is 3.61. The number of guanidine groups is 1. The highest BCUT2D eigenvalue weighted by molar-refractivity contribution is 14.0. The number of nitrogens with two attached hydrogens (primary N) is 1. The van der Waals surface area contributed by atoms with E-state index in [0.29, 0.717) is 12.5 Å². The molecule has 0 spiro atoms. The molecule has 0 heterocycles. The number of unbranched alkanes of at least 4 members (excludes halogenated alkanes) is 1. The summed E-state index contributed by atoms with van der Waals surface area (Å²) in [7, 11) is 0. The number of hydrogen-bond acceptors (Lipinski definition) is 1. The number of halogens is 2. The normalized spacial score (nSPS) is 10.8. The van der Waals surface area contributed by atoms with Gasteiger partial charge in [-0.2, -0.15) is 0 Å². The van der Waals surface area contributed by atoms with Gasteiger partial charge in [-0.3, -0.25) is 0 Å². The lowest BCUT2D eigenvalue weighted by Gasteiger charge is -2.04. The molecular weight excluding hydrogens is 332 g/mol. The zero-order valence-corrected chi connectivity index (χ0v) is 12.3. The molecule has 0 atom stereocenters. The quantitative estimate of drug-likeness (QED) is 0.371. The summed E-state index contributed by atoms with van der Waals surface area (Å²) in [5, 5.41) is 3.02. The van der Waals surface area contributed by atoms with Gasteiger partial charge < -0.3 is 11.1 Å². The molecule has 0 amide bonds. The first-order valence-electron chi connectivity index (χ1n) is 5.50. The molecule has 17 heavy (non-hydrogen) atoms. The van der Waals surface area contributed by atoms with Crippen LogP contribution in [-0.2, 0) is 6.54 Å². The Kier molecular flexibility index (Phi) is 8.75. The first-order chi connectivity index (χ1) is 7.72. The molecule has 0 saturated carbocycles. The summed E-state index contributed by atoms with van der Waals surface area (Å²) in [6, 6.07) is 6.26. The zero-order valence-electron chi connectivity index (χ0n) is 9.95. The highest BCUT2D eigenvalue weighted by Crippen LogP contribution is 2.03. The molecule has 3 N–H and O–H groups in total. The maximum Gasteiger partial charge on any atom is 0.188 e. The Balaban J connectivity index is 0.00000256. The Labute approximate surface area is 119 Å². The standard InChI is InChI=1S/C12H18FN3.HI/c1-2-3-8-15-12(14)16-9-10-4-6-11(13)7-5-10;/h4-7H,2-3,8-9H2,1H3,(H3,14,15,16);1H. The van der Waals surface area contributed by atoms with Gasteiger partial charge in [0, 0.05) is 6.54 Å². The van der Waals surface area contributed by atoms with E-state index in [-0.39, 0.29) is 29.8 Å². The first kappa shape index (κ1) is 16.1. The average Bonchev–Trinajstić information content (AvgIpc) is 2.29. The fourth-order valence-corrected chi connectivity index (χ4v) is 1.22. The zero-order chi connectivity index (χ0) is 11.8. The highest BCUT2D eigenvalue weighted by atomic mass is 127. The molecule has 0 radical (unpaired) electrons. The molecule has 0 bridgehead atoms. The van der Waals surface area contributed by atoms with Crippen LogP contribution in [0.3, 0.4) is 0 Å². The number of hydrogen-bond donors (Lipinski definition) is 2. The molecule has 0 aromatic heterocycles. The van der Waals surface area contributed by atoms with Crippen molar-refractivity contribution < 1.29 is 4.39 Å². The molecule has 0 saturated heterocycles. The molecule has 1 aromatic carbocycles. The fraction of sp³-hybridized carbons (Fsp3) is 0.417. The monoisotopic (exact) mass is 351 g/mol. The molecule has 0 aliphatic carbocycles. The molecule has 1 rings (SSSR count). The molecule has 3 nitrogen and oxygen atoms in total. The highest BCUT2D eigenvalue weighted by Gasteiger charge is 1.94. The Morgan fingerprint density at radius 2 is 2.00 bits per heavy atom. The van der Waals surface area contributed by atoms with E-state index in [1.807, 2.05) is 0 Å². The van der Waals surface area contributed by atoms with Crippen LogP contribution < -0.4 is 11.1 Å². The minimum Gasteiger partial charge on any atom is -0.370 e. The van der Waals surface area contributed by atoms with Crippen molar-refractivity contribution in [1.29, 1.82) is 0 Å². The van der Waals surface area contributed by atoms with Gasteiger partial charge in [-0.1, -0.05) is 25.5 Å². The third-order valence-electron chi connectivity index (χ3n) is 2.18. The number of nitrogens with one attached hydrogen (secondary N) is 1. The van der Waals surface area contributed by atoms with Gasteiger partial charge in [-0.05, 0) is 24.1 Å². The van der Waals surface area contributed by atoms with E-state index < -0.39 is 0 Å². The smallest absolute Gasteiger partial charge is 0.188 e. The van der Waals surface area contributed by atoms with E-state index in [1.54, 1.807) is 12.1 Å². The Morgan fingerprint density at radius 1 is 1.35 bits per heavy atom. The lowest BCUT2D eigenvalue weighted by Crippen LogP contribution is -2.32. The van der Waals surface area contributed by atoms with Crippen LogP contribution in [-0.4, -0.2) is 12.5 Å². The van der Waals surface area contributed by atoms with Crippen molar-refractivity contribution in [3.05, 3.63) is 35.6 Å². The molecule has 1 aromatic rings. The van der Waals surface area contributed by atoms with E-state index in [1.165, 1.54) is 12.1 Å². The second kappa shape index (κ2) is 9.21. The van der Waals surface area contributed by atoms with Crippen LogP contribution in [0, 0.1) is 5.82 Å². The van der Waals surface area contributed by atoms with Crippen molar-refractivity contribution in [1.82, 2.24) is 5.32 Å². The van der Waals surface area contributed by atoms with Gasteiger partial charge in [0.1, 0.15) is 5.82 Å². The van der Waals surface area contributed by atoms with Gasteiger partial charge in [0.05, 0.1) is 6.54 Å². The van der Waals surface area contributed by atoms with E-state index in [4.69, 9.17) is 5.73 Å². The number of aliphatic imine (C=N–C) groups is 1. The van der Waals surface area contributed by atoms with E-state index >= 15 is 0 Å². The molecule has 96 valence electrons. The lowest BCUT2D eigenvalue weighted by molar-refractivity contribution is 0.627. The van der Waals surface area contributed by atoms with E-state index in [0.717, 1.165) is 24.9 Å². The Bertz CT molecular complexity index is 338. The van der Waals surface area contributed by atoms with Gasteiger partial charge in [-0.25, -0.2) is 9.38 Å². The fourth-order valence-electron chi connectivity index (χ4n) is 1.22. The molecule has 0 fully saturated rings. The number of nitrogens with zero attached hydrogens (tertiary/aromatic N) is 1. The van der Waals surface area contributed by atoms with Crippen LogP contribution in [0.15, 0.2) is 29.3 Å². The Morgan fingerprint density at radius 3 is 2.59 bits per heavy atom. The SMILES string of the molecule is CCCCNC(N)=NCc1ccc(F)cc1.I. The maximum atomic E-state index is 12.6. The third kappa shape index (κ3) is 7.14. The van der Waals surface area contributed by atoms with Crippen molar-refractivity contribution in [2.45, 2.75) is 26.3 Å². The molecule has 5 heteroatoms. The van der Waals surface area contributed by atoms with Crippen molar-refractivity contribution in [3.63, 3.8) is 0 Å². The van der Waals surface area contributed by atoms with Crippen LogP contribution in [0.5, 0.6) is 0 Å². The molecule has 0 unspecified atom stereocenters. The Hall–Kier alpha value is -0.850. The van der Waals surface area contributed by atoms with Crippen LogP contribution in [0.25, 0.3) is 0 Å². The van der Waals surface area contributed by atoms with Crippen molar-refractivity contribution in [2.75, 3.05) is 6.54 Å². The van der Waals surface area contributed by atoms with Gasteiger partial charge >= 0.3 is 0 Å². The first-order valence-corrected chi connectivity index (χ1v) is 5.50. The topological polar surface area (TPSA) is 50.4 Å². The maximum absolute atomic E-state index is 12.6. The molecule has 0 aliphatic heterocycles. The largest absolute Gasteiger partial charge is 0.370 e. The molecular formula is C12H19FIN3. The average molecular weight is 351 g/mol. The van der Waals surface area contributed by atoms with Crippen LogP contribution >= 0.6 is 24.0 Å². The summed E-state index contributed by atoms with van der Waals surface area (Å²) >= 11 is 0. The summed E-state index contributed by atoms with van der Waals surface area (Å²) < 4.78 is 12.6. The number of rotatable bonds is 5. The number of benzene rings is 1. The lowest BCUT2D eigenvalue weighted by atomic mass is 10.2. The van der Waals surface area contributed by atoms with Crippen molar-refractivity contribution in [3.8, 4) is 0 Å². The van der Waals surface area contributed by atoms with Crippen LogP contribution in [0.1, 0.15) is 25.3 Å². The van der Waals surface area contributed by atoms with Gasteiger partial charge in [0.2, 0.25) is 0 Å². The summed E-state index contributed by atoms with van der Waals surface area (Å²) in [6.07, 6.45) is 2.20. The summed E-state index contributed by atoms with van der Waals surface area (Å²) in [5.41, 5.74) is 6.60. The molecule has 0 aliphatic rings. The third-order valence-corrected chi connectivity index (χ3v) is 2.18. The summed E-state index contributed by atoms with van der Waals surface area (Å²) in [5.74, 6) is 0.208. The minimum atomic E-state index is -0.234. The van der Waals surface area contributed by atoms with Crippen molar-refractivity contribution >= 4 is 29.9 Å². The van der Waals surface area contributed by atoms with E-state index in [2.05, 4.69) is 17.2 Å². The summed E-state index contributed by atoms with van der Waals surface area (Å²) in [4.78, 5) is 4.16. The minimum absolute atomic E-state index is 0. The van der Waals surface area contributed by atoms with Gasteiger partial charge in [0.15, 0.2) is 5.96 Å². The van der Waals surface area contributed by atoms with Gasteiger partial charge in [0.25, 0.3) is 0 Å².